The predicted octanol–water partition coefficient (Wildman–Crippen LogP) is -0.556. The van der Waals surface area contributed by atoms with E-state index in [1.54, 1.807) is 0 Å². The van der Waals surface area contributed by atoms with Crippen molar-refractivity contribution in [1.29, 1.82) is 0 Å². The van der Waals surface area contributed by atoms with Gasteiger partial charge in [0.1, 0.15) is 6.10 Å². The van der Waals surface area contributed by atoms with Gasteiger partial charge in [-0.15, -0.1) is 0 Å². The predicted molar refractivity (Wildman–Crippen MR) is 31.9 cm³/mol. The third-order valence-corrected chi connectivity index (χ3v) is 1.27. The molecule has 4 heteroatoms. The second kappa shape index (κ2) is 2.68. The van der Waals surface area contributed by atoms with Gasteiger partial charge in [-0.1, -0.05) is 0 Å². The van der Waals surface area contributed by atoms with E-state index in [0.717, 1.165) is 6.42 Å². The average Bonchev–Trinajstić information content (AvgIpc) is 1.88. The lowest BCUT2D eigenvalue weighted by Crippen LogP contribution is -2.41. The molecule has 1 rings (SSSR count). The van der Waals surface area contributed by atoms with Crippen LogP contribution < -0.4 is 11.1 Å². The Morgan fingerprint density at radius 3 is 3.11 bits per heavy atom. The zero-order valence-electron chi connectivity index (χ0n) is 5.09. The molecule has 0 spiro atoms. The fourth-order valence-corrected chi connectivity index (χ4v) is 0.753. The number of carbonyl (C=O) groups is 1. The Labute approximate surface area is 53.4 Å². The van der Waals surface area contributed by atoms with Crippen LogP contribution in [0.4, 0.5) is 4.79 Å². The van der Waals surface area contributed by atoms with Crippen molar-refractivity contribution in [3.8, 4) is 0 Å². The highest BCUT2D eigenvalue weighted by molar-refractivity contribution is 5.67. The molecule has 52 valence electrons. The van der Waals surface area contributed by atoms with Crippen molar-refractivity contribution < 1.29 is 9.53 Å². The number of hydrogen-bond acceptors (Lipinski definition) is 3. The molecule has 0 aromatic heterocycles. The molecular weight excluding hydrogens is 120 g/mol. The minimum atomic E-state index is -0.350. The molecule has 1 amide bonds. The van der Waals surface area contributed by atoms with Gasteiger partial charge in [0.25, 0.3) is 0 Å². The Morgan fingerprint density at radius 2 is 2.67 bits per heavy atom. The molecule has 1 atom stereocenters. The van der Waals surface area contributed by atoms with Crippen molar-refractivity contribution in [2.45, 2.75) is 12.5 Å². The molecule has 1 saturated heterocycles. The second-order valence-electron chi connectivity index (χ2n) is 1.98. The van der Waals surface area contributed by atoms with Crippen LogP contribution in [0.2, 0.25) is 0 Å². The van der Waals surface area contributed by atoms with Crippen LogP contribution in [-0.2, 0) is 4.74 Å². The van der Waals surface area contributed by atoms with Crippen molar-refractivity contribution in [2.24, 2.45) is 5.73 Å². The lowest BCUT2D eigenvalue weighted by Gasteiger charge is -2.21. The molecular formula is C5H10N2O2. The molecule has 0 aromatic carbocycles. The Bertz CT molecular complexity index is 116. The zero-order chi connectivity index (χ0) is 6.69. The maximum Gasteiger partial charge on any atom is 0.407 e. The summed E-state index contributed by atoms with van der Waals surface area (Å²) in [6.45, 7) is 1.11. The quantitative estimate of drug-likeness (QED) is 0.500. The number of rotatable bonds is 1. The average molecular weight is 130 g/mol. The van der Waals surface area contributed by atoms with Gasteiger partial charge in [0, 0.05) is 19.5 Å². The lowest BCUT2D eigenvalue weighted by atomic mass is 10.2. The van der Waals surface area contributed by atoms with Gasteiger partial charge in [0.05, 0.1) is 0 Å². The molecule has 9 heavy (non-hydrogen) atoms. The van der Waals surface area contributed by atoms with Crippen molar-refractivity contribution in [2.75, 3.05) is 13.1 Å². The van der Waals surface area contributed by atoms with Gasteiger partial charge in [0.15, 0.2) is 0 Å². The van der Waals surface area contributed by atoms with Crippen molar-refractivity contribution in [3.05, 3.63) is 0 Å². The SMILES string of the molecule is NCC1CCNC(=O)O1. The summed E-state index contributed by atoms with van der Waals surface area (Å²) in [5.41, 5.74) is 5.26. The molecule has 4 nitrogen and oxygen atoms in total. The molecule has 1 heterocycles. The molecule has 1 unspecified atom stereocenters. The molecule has 0 radical (unpaired) electrons. The summed E-state index contributed by atoms with van der Waals surface area (Å²) in [5.74, 6) is 0. The number of nitrogens with one attached hydrogen (secondary N) is 1. The number of alkyl carbamates (subject to hydrolysis) is 1. The number of ether oxygens (including phenoxy) is 1. The maximum atomic E-state index is 10.4. The number of hydrogen-bond donors (Lipinski definition) is 2. The Kier molecular flexibility index (Phi) is 1.89. The summed E-state index contributed by atoms with van der Waals surface area (Å²) in [6, 6.07) is 0. The van der Waals surface area contributed by atoms with Gasteiger partial charge in [-0.3, -0.25) is 0 Å². The monoisotopic (exact) mass is 130 g/mol. The molecule has 0 aliphatic carbocycles. The van der Waals surface area contributed by atoms with E-state index in [4.69, 9.17) is 10.5 Å². The van der Waals surface area contributed by atoms with Crippen LogP contribution in [0, 0.1) is 0 Å². The first-order valence-corrected chi connectivity index (χ1v) is 2.97. The van der Waals surface area contributed by atoms with Crippen LogP contribution in [-0.4, -0.2) is 25.3 Å². The van der Waals surface area contributed by atoms with E-state index in [-0.39, 0.29) is 12.2 Å². The third kappa shape index (κ3) is 1.57. The highest BCUT2D eigenvalue weighted by atomic mass is 16.6. The summed E-state index contributed by atoms with van der Waals surface area (Å²) < 4.78 is 4.76. The summed E-state index contributed by atoms with van der Waals surface area (Å²) >= 11 is 0. The van der Waals surface area contributed by atoms with Gasteiger partial charge in [-0.2, -0.15) is 0 Å². The lowest BCUT2D eigenvalue weighted by molar-refractivity contribution is 0.0786. The van der Waals surface area contributed by atoms with E-state index >= 15 is 0 Å². The highest BCUT2D eigenvalue weighted by Crippen LogP contribution is 2.00. The van der Waals surface area contributed by atoms with Gasteiger partial charge in [-0.25, -0.2) is 4.79 Å². The largest absolute Gasteiger partial charge is 0.445 e. The molecule has 1 fully saturated rings. The Morgan fingerprint density at radius 1 is 1.89 bits per heavy atom. The van der Waals surface area contributed by atoms with Gasteiger partial charge in [-0.05, 0) is 0 Å². The molecule has 0 aromatic rings. The summed E-state index contributed by atoms with van der Waals surface area (Å²) in [7, 11) is 0. The first-order chi connectivity index (χ1) is 4.33. The normalized spacial score (nSPS) is 26.8. The standard InChI is InChI=1S/C5H10N2O2/c6-3-4-1-2-7-5(8)9-4/h4H,1-3,6H2,(H,7,8). The summed E-state index contributed by atoms with van der Waals surface area (Å²) in [4.78, 5) is 10.4. The molecule has 1 aliphatic rings. The van der Waals surface area contributed by atoms with Crippen LogP contribution in [0.5, 0.6) is 0 Å². The van der Waals surface area contributed by atoms with E-state index in [0.29, 0.717) is 13.1 Å². The van der Waals surface area contributed by atoms with Gasteiger partial charge in [0.2, 0.25) is 0 Å². The van der Waals surface area contributed by atoms with Crippen molar-refractivity contribution in [3.63, 3.8) is 0 Å². The van der Waals surface area contributed by atoms with Crippen molar-refractivity contribution >= 4 is 6.09 Å². The molecule has 0 bridgehead atoms. The van der Waals surface area contributed by atoms with E-state index < -0.39 is 0 Å². The fraction of sp³-hybridized carbons (Fsp3) is 0.800. The number of nitrogens with two attached hydrogens (primary N) is 1. The molecule has 0 saturated carbocycles. The topological polar surface area (TPSA) is 64.3 Å². The Hall–Kier alpha value is -0.770. The Balaban J connectivity index is 2.32. The van der Waals surface area contributed by atoms with Crippen LogP contribution in [0.1, 0.15) is 6.42 Å². The van der Waals surface area contributed by atoms with E-state index in [2.05, 4.69) is 5.32 Å². The van der Waals surface area contributed by atoms with E-state index in [1.165, 1.54) is 0 Å². The second-order valence-corrected chi connectivity index (χ2v) is 1.98. The third-order valence-electron chi connectivity index (χ3n) is 1.27. The zero-order valence-corrected chi connectivity index (χ0v) is 5.09. The summed E-state index contributed by atoms with van der Waals surface area (Å²) in [6.07, 6.45) is 0.401. The van der Waals surface area contributed by atoms with Crippen molar-refractivity contribution in [1.82, 2.24) is 5.32 Å². The first-order valence-electron chi connectivity index (χ1n) is 2.97. The number of amides is 1. The minimum absolute atomic E-state index is 0.0706. The van der Waals surface area contributed by atoms with E-state index in [9.17, 15) is 4.79 Å². The summed E-state index contributed by atoms with van der Waals surface area (Å²) in [5, 5.41) is 2.53. The van der Waals surface area contributed by atoms with Crippen LogP contribution in [0.15, 0.2) is 0 Å². The van der Waals surface area contributed by atoms with Crippen LogP contribution in [0.3, 0.4) is 0 Å². The van der Waals surface area contributed by atoms with E-state index in [1.807, 2.05) is 0 Å². The maximum absolute atomic E-state index is 10.4. The number of cyclic esters (lactones) is 1. The molecule has 1 aliphatic heterocycles. The van der Waals surface area contributed by atoms with Crippen LogP contribution in [0.25, 0.3) is 0 Å². The van der Waals surface area contributed by atoms with Crippen LogP contribution >= 0.6 is 0 Å². The smallest absolute Gasteiger partial charge is 0.407 e. The minimum Gasteiger partial charge on any atom is -0.445 e. The first kappa shape index (κ1) is 6.35. The molecule has 3 N–H and O–H groups in total. The fourth-order valence-electron chi connectivity index (χ4n) is 0.753. The van der Waals surface area contributed by atoms with Gasteiger partial charge >= 0.3 is 6.09 Å². The van der Waals surface area contributed by atoms with Gasteiger partial charge < -0.3 is 15.8 Å². The number of carbonyl (C=O) groups excluding carboxylic acids is 1. The highest BCUT2D eigenvalue weighted by Gasteiger charge is 2.17.